The number of aromatic nitrogens is 2. The Labute approximate surface area is 107 Å². The Bertz CT molecular complexity index is 563. The quantitative estimate of drug-likeness (QED) is 0.947. The minimum Gasteiger partial charge on any atom is -0.478 e. The zero-order valence-corrected chi connectivity index (χ0v) is 10.8. The maximum Gasteiger partial charge on any atom is 0.339 e. The van der Waals surface area contributed by atoms with Crippen LogP contribution in [0.3, 0.4) is 0 Å². The summed E-state index contributed by atoms with van der Waals surface area (Å²) in [7, 11) is 0. The molecule has 0 aliphatic carbocycles. The molecule has 0 radical (unpaired) electrons. The molecule has 0 aliphatic heterocycles. The molecule has 88 valence electrons. The number of carboxylic acids is 1. The number of nitrogens with zero attached hydrogens (tertiary/aromatic N) is 2. The van der Waals surface area contributed by atoms with Crippen LogP contribution in [-0.4, -0.2) is 20.9 Å². The number of hydrogen-bond acceptors (Lipinski definition) is 2. The Morgan fingerprint density at radius 3 is 2.88 bits per heavy atom. The highest BCUT2D eigenvalue weighted by Gasteiger charge is 2.15. The van der Waals surface area contributed by atoms with E-state index in [1.54, 1.807) is 4.68 Å². The van der Waals surface area contributed by atoms with E-state index in [4.69, 9.17) is 5.11 Å². The van der Waals surface area contributed by atoms with Crippen molar-refractivity contribution in [1.29, 1.82) is 0 Å². The largest absolute Gasteiger partial charge is 0.478 e. The highest BCUT2D eigenvalue weighted by atomic mass is 79.9. The predicted octanol–water partition coefficient (Wildman–Crippen LogP) is 2.90. The van der Waals surface area contributed by atoms with Gasteiger partial charge in [0.1, 0.15) is 5.56 Å². The zero-order valence-electron chi connectivity index (χ0n) is 9.22. The van der Waals surface area contributed by atoms with Crippen LogP contribution in [-0.2, 0) is 6.42 Å². The van der Waals surface area contributed by atoms with Gasteiger partial charge in [-0.25, -0.2) is 9.48 Å². The lowest BCUT2D eigenvalue weighted by Crippen LogP contribution is -2.05. The summed E-state index contributed by atoms with van der Waals surface area (Å²) in [5.41, 5.74) is 1.81. The van der Waals surface area contributed by atoms with Crippen LogP contribution in [0, 0.1) is 0 Å². The third kappa shape index (κ3) is 2.24. The Balaban J connectivity index is 2.56. The van der Waals surface area contributed by atoms with Crippen molar-refractivity contribution < 1.29 is 9.90 Å². The second kappa shape index (κ2) is 4.71. The minimum atomic E-state index is -0.942. The minimum absolute atomic E-state index is 0.257. The second-order valence-corrected chi connectivity index (χ2v) is 4.47. The van der Waals surface area contributed by atoms with Crippen molar-refractivity contribution in [2.24, 2.45) is 0 Å². The van der Waals surface area contributed by atoms with Gasteiger partial charge in [-0.1, -0.05) is 28.9 Å². The summed E-state index contributed by atoms with van der Waals surface area (Å²) in [5, 5.41) is 13.2. The molecule has 0 saturated carbocycles. The van der Waals surface area contributed by atoms with Gasteiger partial charge < -0.3 is 5.11 Å². The molecule has 5 heteroatoms. The summed E-state index contributed by atoms with van der Waals surface area (Å²) < 4.78 is 2.60. The number of aromatic carboxylic acids is 1. The first-order chi connectivity index (χ1) is 8.13. The standard InChI is InChI=1S/C12H11BrN2O2/c1-2-11-10(12(16)17)7-14-15(11)9-5-3-4-8(13)6-9/h3-7H,2H2,1H3,(H,16,17). The molecule has 1 aromatic carbocycles. The van der Waals surface area contributed by atoms with Crippen molar-refractivity contribution in [2.75, 3.05) is 0 Å². The first kappa shape index (κ1) is 11.9. The molecule has 0 aliphatic rings. The lowest BCUT2D eigenvalue weighted by atomic mass is 10.2. The molecule has 1 N–H and O–H groups in total. The number of hydrogen-bond donors (Lipinski definition) is 1. The third-order valence-corrected chi connectivity index (χ3v) is 2.98. The van der Waals surface area contributed by atoms with E-state index in [9.17, 15) is 4.79 Å². The van der Waals surface area contributed by atoms with Gasteiger partial charge in [-0.3, -0.25) is 0 Å². The molecule has 0 spiro atoms. The van der Waals surface area contributed by atoms with Crippen molar-refractivity contribution >= 4 is 21.9 Å². The van der Waals surface area contributed by atoms with E-state index in [0.29, 0.717) is 12.1 Å². The summed E-state index contributed by atoms with van der Waals surface area (Å²) in [4.78, 5) is 11.0. The van der Waals surface area contributed by atoms with Gasteiger partial charge in [-0.05, 0) is 24.6 Å². The number of carboxylic acid groups (broad SMARTS) is 1. The molecule has 1 aromatic heterocycles. The fraction of sp³-hybridized carbons (Fsp3) is 0.167. The molecule has 17 heavy (non-hydrogen) atoms. The average molecular weight is 295 g/mol. The maximum atomic E-state index is 11.0. The summed E-state index contributed by atoms with van der Waals surface area (Å²) in [6.45, 7) is 1.91. The van der Waals surface area contributed by atoms with E-state index in [0.717, 1.165) is 10.2 Å². The molecule has 0 amide bonds. The van der Waals surface area contributed by atoms with Crippen LogP contribution in [0.25, 0.3) is 5.69 Å². The smallest absolute Gasteiger partial charge is 0.339 e. The summed E-state index contributed by atoms with van der Waals surface area (Å²) in [6.07, 6.45) is 2.01. The molecule has 1 heterocycles. The summed E-state index contributed by atoms with van der Waals surface area (Å²) >= 11 is 3.38. The van der Waals surface area contributed by atoms with Gasteiger partial charge >= 0.3 is 5.97 Å². The molecule has 2 aromatic rings. The van der Waals surface area contributed by atoms with Crippen molar-refractivity contribution in [3.63, 3.8) is 0 Å². The van der Waals surface area contributed by atoms with Crippen LogP contribution >= 0.6 is 15.9 Å². The first-order valence-electron chi connectivity index (χ1n) is 5.19. The molecule has 0 bridgehead atoms. The number of halogens is 1. The van der Waals surface area contributed by atoms with Gasteiger partial charge in [0.05, 0.1) is 17.6 Å². The van der Waals surface area contributed by atoms with E-state index in [-0.39, 0.29) is 5.56 Å². The molecule has 0 unspecified atom stereocenters. The Morgan fingerprint density at radius 2 is 2.29 bits per heavy atom. The van der Waals surface area contributed by atoms with Crippen LogP contribution in [0.15, 0.2) is 34.9 Å². The normalized spacial score (nSPS) is 10.5. The molecule has 2 rings (SSSR count). The van der Waals surface area contributed by atoms with E-state index in [2.05, 4.69) is 21.0 Å². The van der Waals surface area contributed by atoms with Crippen LogP contribution in [0.4, 0.5) is 0 Å². The fourth-order valence-electron chi connectivity index (χ4n) is 1.72. The average Bonchev–Trinajstić information content (AvgIpc) is 2.72. The van der Waals surface area contributed by atoms with E-state index >= 15 is 0 Å². The molecular weight excluding hydrogens is 284 g/mol. The zero-order chi connectivity index (χ0) is 12.4. The molecule has 0 atom stereocenters. The van der Waals surface area contributed by atoms with E-state index < -0.39 is 5.97 Å². The highest BCUT2D eigenvalue weighted by molar-refractivity contribution is 9.10. The van der Waals surface area contributed by atoms with Gasteiger partial charge in [0.2, 0.25) is 0 Å². The van der Waals surface area contributed by atoms with Gasteiger partial charge in [-0.2, -0.15) is 5.10 Å². The molecule has 0 fully saturated rings. The van der Waals surface area contributed by atoms with Gasteiger partial charge in [-0.15, -0.1) is 0 Å². The molecule has 0 saturated heterocycles. The molecular formula is C12H11BrN2O2. The SMILES string of the molecule is CCc1c(C(=O)O)cnn1-c1cccc(Br)c1. The van der Waals surface area contributed by atoms with Crippen LogP contribution in [0.1, 0.15) is 23.0 Å². The fourth-order valence-corrected chi connectivity index (χ4v) is 2.11. The van der Waals surface area contributed by atoms with Gasteiger partial charge in [0, 0.05) is 4.47 Å². The van der Waals surface area contributed by atoms with Crippen molar-refractivity contribution in [3.05, 3.63) is 46.2 Å². The second-order valence-electron chi connectivity index (χ2n) is 3.56. The summed E-state index contributed by atoms with van der Waals surface area (Å²) in [5.74, 6) is -0.942. The van der Waals surface area contributed by atoms with E-state index in [1.807, 2.05) is 31.2 Å². The van der Waals surface area contributed by atoms with Crippen LogP contribution in [0.2, 0.25) is 0 Å². The van der Waals surface area contributed by atoms with Crippen molar-refractivity contribution in [2.45, 2.75) is 13.3 Å². The lowest BCUT2D eigenvalue weighted by molar-refractivity contribution is 0.0695. The van der Waals surface area contributed by atoms with E-state index in [1.165, 1.54) is 6.20 Å². The molecule has 4 nitrogen and oxygen atoms in total. The monoisotopic (exact) mass is 294 g/mol. The van der Waals surface area contributed by atoms with Gasteiger partial charge in [0.25, 0.3) is 0 Å². The van der Waals surface area contributed by atoms with Crippen molar-refractivity contribution in [3.8, 4) is 5.69 Å². The van der Waals surface area contributed by atoms with Crippen LogP contribution in [0.5, 0.6) is 0 Å². The predicted molar refractivity (Wildman–Crippen MR) is 67.6 cm³/mol. The number of rotatable bonds is 3. The van der Waals surface area contributed by atoms with Crippen molar-refractivity contribution in [1.82, 2.24) is 9.78 Å². The van der Waals surface area contributed by atoms with Gasteiger partial charge in [0.15, 0.2) is 0 Å². The topological polar surface area (TPSA) is 55.1 Å². The maximum absolute atomic E-state index is 11.0. The highest BCUT2D eigenvalue weighted by Crippen LogP contribution is 2.19. The number of benzene rings is 1. The Kier molecular flexibility index (Phi) is 3.28. The number of carbonyl (C=O) groups is 1. The Morgan fingerprint density at radius 1 is 1.53 bits per heavy atom. The lowest BCUT2D eigenvalue weighted by Gasteiger charge is -2.06. The summed E-state index contributed by atoms with van der Waals surface area (Å²) in [6, 6.07) is 7.60. The first-order valence-corrected chi connectivity index (χ1v) is 5.99. The third-order valence-electron chi connectivity index (χ3n) is 2.49. The van der Waals surface area contributed by atoms with Crippen LogP contribution < -0.4 is 0 Å². The Hall–Kier alpha value is -1.62.